The zero-order valence-corrected chi connectivity index (χ0v) is 17.4. The van der Waals surface area contributed by atoms with Gasteiger partial charge in [-0.05, 0) is 99.2 Å². The van der Waals surface area contributed by atoms with Crippen LogP contribution < -0.4 is 5.32 Å². The fourth-order valence-corrected chi connectivity index (χ4v) is 7.43. The number of rotatable bonds is 5. The molecule has 1 atom stereocenters. The molecule has 3 heteroatoms. The molecule has 0 aliphatic heterocycles. The molecular weight excluding hydrogens is 386 g/mol. The topological polar surface area (TPSA) is 29.1 Å². The number of carbonyl (C=O) groups excluding carboxylic acids is 1. The van der Waals surface area contributed by atoms with Crippen molar-refractivity contribution in [3.05, 3.63) is 34.3 Å². The summed E-state index contributed by atoms with van der Waals surface area (Å²) < 4.78 is 1.12. The lowest BCUT2D eigenvalue weighted by Gasteiger charge is -2.56. The van der Waals surface area contributed by atoms with Gasteiger partial charge < -0.3 is 5.32 Å². The van der Waals surface area contributed by atoms with Gasteiger partial charge in [0.05, 0.1) is 0 Å². The van der Waals surface area contributed by atoms with Crippen molar-refractivity contribution in [3.63, 3.8) is 0 Å². The number of halogens is 1. The molecule has 1 N–H and O–H groups in total. The highest BCUT2D eigenvalue weighted by molar-refractivity contribution is 9.10. The Kier molecular flexibility index (Phi) is 4.05. The Labute approximate surface area is 165 Å². The van der Waals surface area contributed by atoms with E-state index in [0.717, 1.165) is 28.6 Å². The summed E-state index contributed by atoms with van der Waals surface area (Å²) in [6, 6.07) is 8.92. The lowest BCUT2D eigenvalue weighted by Crippen LogP contribution is -2.49. The van der Waals surface area contributed by atoms with E-state index >= 15 is 0 Å². The van der Waals surface area contributed by atoms with E-state index in [1.54, 1.807) is 0 Å². The van der Waals surface area contributed by atoms with Crippen molar-refractivity contribution < 1.29 is 4.79 Å². The molecule has 1 unspecified atom stereocenters. The summed E-state index contributed by atoms with van der Waals surface area (Å²) in [7, 11) is 0. The second-order valence-electron chi connectivity index (χ2n) is 10.0. The molecule has 1 aromatic rings. The Hall–Kier alpha value is -0.830. The number of amides is 1. The average molecular weight is 416 g/mol. The summed E-state index contributed by atoms with van der Waals surface area (Å²) >= 11 is 3.53. The van der Waals surface area contributed by atoms with Gasteiger partial charge in [-0.3, -0.25) is 4.79 Å². The van der Waals surface area contributed by atoms with Gasteiger partial charge in [0.1, 0.15) is 0 Å². The Bertz CT molecular complexity index is 670. The molecule has 5 fully saturated rings. The van der Waals surface area contributed by atoms with E-state index in [-0.39, 0.29) is 11.5 Å². The van der Waals surface area contributed by atoms with Crippen LogP contribution in [-0.2, 0) is 10.2 Å². The van der Waals surface area contributed by atoms with Crippen LogP contribution in [0, 0.1) is 23.2 Å². The number of hydrogen-bond acceptors (Lipinski definition) is 1. The van der Waals surface area contributed by atoms with E-state index in [1.165, 1.54) is 56.9 Å². The van der Waals surface area contributed by atoms with Gasteiger partial charge in [0.15, 0.2) is 0 Å². The number of benzene rings is 1. The Morgan fingerprint density at radius 1 is 1.08 bits per heavy atom. The molecule has 5 aliphatic carbocycles. The highest BCUT2D eigenvalue weighted by atomic mass is 79.9. The average Bonchev–Trinajstić information content (AvgIpc) is 3.35. The number of hydrogen-bond donors (Lipinski definition) is 1. The summed E-state index contributed by atoms with van der Waals surface area (Å²) in [6.07, 6.45) is 11.5. The van der Waals surface area contributed by atoms with Gasteiger partial charge in [0, 0.05) is 22.4 Å². The third-order valence-electron chi connectivity index (χ3n) is 8.11. The predicted octanol–water partition coefficient (Wildman–Crippen LogP) is 5.59. The molecule has 0 saturated heterocycles. The molecule has 5 aliphatic rings. The third-order valence-corrected chi connectivity index (χ3v) is 8.64. The summed E-state index contributed by atoms with van der Waals surface area (Å²) in [5.74, 6) is 3.07. The van der Waals surface area contributed by atoms with Crippen molar-refractivity contribution in [3.8, 4) is 0 Å². The predicted molar refractivity (Wildman–Crippen MR) is 108 cm³/mol. The van der Waals surface area contributed by atoms with Crippen LogP contribution in [0.5, 0.6) is 0 Å². The lowest BCUT2D eigenvalue weighted by molar-refractivity contribution is -0.130. The van der Waals surface area contributed by atoms with Gasteiger partial charge in [-0.25, -0.2) is 0 Å². The largest absolute Gasteiger partial charge is 0.353 e. The maximum Gasteiger partial charge on any atom is 0.220 e. The van der Waals surface area contributed by atoms with Crippen LogP contribution in [0.15, 0.2) is 28.7 Å². The standard InChI is InChI=1S/C23H30BrNO/c1-15(23(6-7-23)19-2-4-20(24)5-3-19)25-21(26)14-22-11-16-8-17(12-22)10-18(9-16)13-22/h2-5,15-18H,6-14H2,1H3,(H,25,26). The van der Waals surface area contributed by atoms with E-state index in [2.05, 4.69) is 52.4 Å². The third kappa shape index (κ3) is 2.95. The molecular formula is C23H30BrNO. The molecule has 0 aromatic heterocycles. The van der Waals surface area contributed by atoms with Gasteiger partial charge in [0.2, 0.25) is 5.91 Å². The van der Waals surface area contributed by atoms with Crippen molar-refractivity contribution in [1.82, 2.24) is 5.32 Å². The zero-order valence-electron chi connectivity index (χ0n) is 15.8. The van der Waals surface area contributed by atoms with E-state index < -0.39 is 0 Å². The van der Waals surface area contributed by atoms with Crippen LogP contribution in [0.4, 0.5) is 0 Å². The van der Waals surface area contributed by atoms with Crippen molar-refractivity contribution in [2.24, 2.45) is 23.2 Å². The van der Waals surface area contributed by atoms with Crippen molar-refractivity contribution in [2.45, 2.75) is 76.2 Å². The van der Waals surface area contributed by atoms with E-state index in [1.807, 2.05) is 0 Å². The second-order valence-corrected chi connectivity index (χ2v) is 11.0. The molecule has 26 heavy (non-hydrogen) atoms. The van der Waals surface area contributed by atoms with Gasteiger partial charge in [-0.1, -0.05) is 28.1 Å². The van der Waals surface area contributed by atoms with E-state index in [0.29, 0.717) is 11.3 Å². The molecule has 0 heterocycles. The minimum atomic E-state index is 0.165. The minimum Gasteiger partial charge on any atom is -0.353 e. The minimum absolute atomic E-state index is 0.165. The molecule has 5 saturated carbocycles. The van der Waals surface area contributed by atoms with Gasteiger partial charge in [-0.2, -0.15) is 0 Å². The Morgan fingerprint density at radius 3 is 2.12 bits per heavy atom. The van der Waals surface area contributed by atoms with Gasteiger partial charge >= 0.3 is 0 Å². The summed E-state index contributed by atoms with van der Waals surface area (Å²) in [5, 5.41) is 3.42. The molecule has 2 nitrogen and oxygen atoms in total. The molecule has 0 spiro atoms. The first-order chi connectivity index (χ1) is 12.5. The summed E-state index contributed by atoms with van der Waals surface area (Å²) in [6.45, 7) is 2.21. The zero-order chi connectivity index (χ0) is 17.9. The van der Waals surface area contributed by atoms with Crippen molar-refractivity contribution in [2.75, 3.05) is 0 Å². The Morgan fingerprint density at radius 2 is 1.62 bits per heavy atom. The summed E-state index contributed by atoms with van der Waals surface area (Å²) in [4.78, 5) is 13.0. The number of nitrogens with one attached hydrogen (secondary N) is 1. The molecule has 0 radical (unpaired) electrons. The molecule has 1 aromatic carbocycles. The van der Waals surface area contributed by atoms with Crippen LogP contribution in [0.3, 0.4) is 0 Å². The first-order valence-corrected chi connectivity index (χ1v) is 11.3. The smallest absolute Gasteiger partial charge is 0.220 e. The van der Waals surface area contributed by atoms with Crippen LogP contribution in [0.25, 0.3) is 0 Å². The maximum atomic E-state index is 13.0. The fourth-order valence-electron chi connectivity index (χ4n) is 7.17. The van der Waals surface area contributed by atoms with Crippen molar-refractivity contribution in [1.29, 1.82) is 0 Å². The highest BCUT2D eigenvalue weighted by Crippen LogP contribution is 2.61. The van der Waals surface area contributed by atoms with Gasteiger partial charge in [0.25, 0.3) is 0 Å². The van der Waals surface area contributed by atoms with Gasteiger partial charge in [-0.15, -0.1) is 0 Å². The molecule has 140 valence electrons. The second kappa shape index (κ2) is 6.09. The molecule has 6 rings (SSSR count). The monoisotopic (exact) mass is 415 g/mol. The van der Waals surface area contributed by atoms with E-state index in [9.17, 15) is 4.79 Å². The van der Waals surface area contributed by atoms with Crippen molar-refractivity contribution >= 4 is 21.8 Å². The first-order valence-electron chi connectivity index (χ1n) is 10.5. The summed E-state index contributed by atoms with van der Waals surface area (Å²) in [5.41, 5.74) is 1.88. The lowest BCUT2D eigenvalue weighted by atomic mass is 9.49. The Balaban J connectivity index is 1.25. The first kappa shape index (κ1) is 17.3. The van der Waals surface area contributed by atoms with E-state index in [4.69, 9.17) is 0 Å². The van der Waals surface area contributed by atoms with Crippen LogP contribution >= 0.6 is 15.9 Å². The SMILES string of the molecule is CC(NC(=O)CC12CC3CC(CC(C3)C1)C2)C1(c2ccc(Br)cc2)CC1. The van der Waals surface area contributed by atoms with Crippen LogP contribution in [0.1, 0.15) is 70.3 Å². The molecule has 1 amide bonds. The normalized spacial score (nSPS) is 37.4. The maximum absolute atomic E-state index is 13.0. The van der Waals surface area contributed by atoms with Crippen LogP contribution in [0.2, 0.25) is 0 Å². The number of carbonyl (C=O) groups is 1. The molecule has 4 bridgehead atoms. The van der Waals surface area contributed by atoms with Crippen LogP contribution in [-0.4, -0.2) is 11.9 Å². The quantitative estimate of drug-likeness (QED) is 0.666. The fraction of sp³-hybridized carbons (Fsp3) is 0.696. The highest BCUT2D eigenvalue weighted by Gasteiger charge is 2.53.